The van der Waals surface area contributed by atoms with Crippen LogP contribution in [0, 0.1) is 0 Å². The van der Waals surface area contributed by atoms with E-state index in [0.717, 1.165) is 22.0 Å². The maximum absolute atomic E-state index is 5.81. The Bertz CT molecular complexity index is 950. The maximum atomic E-state index is 5.81. The first-order chi connectivity index (χ1) is 12.3. The Morgan fingerprint density at radius 3 is 2.32 bits per heavy atom. The summed E-state index contributed by atoms with van der Waals surface area (Å²) in [7, 11) is 0. The van der Waals surface area contributed by atoms with Crippen LogP contribution in [0.2, 0.25) is 0 Å². The average Bonchev–Trinajstić information content (AvgIpc) is 3.33. The van der Waals surface area contributed by atoms with Gasteiger partial charge >= 0.3 is 0 Å². The first-order valence-electron chi connectivity index (χ1n) is 7.95. The van der Waals surface area contributed by atoms with E-state index in [1.54, 1.807) is 11.8 Å². The number of aromatic amines is 1. The summed E-state index contributed by atoms with van der Waals surface area (Å²) in [6, 6.07) is 19.9. The van der Waals surface area contributed by atoms with E-state index in [0.29, 0.717) is 11.8 Å². The Kier molecular flexibility index (Phi) is 4.35. The van der Waals surface area contributed by atoms with E-state index in [-0.39, 0.29) is 5.25 Å². The summed E-state index contributed by atoms with van der Waals surface area (Å²) in [6.07, 6.45) is 1.84. The van der Waals surface area contributed by atoms with Crippen molar-refractivity contribution in [3.05, 3.63) is 72.8 Å². The summed E-state index contributed by atoms with van der Waals surface area (Å²) >= 11 is 1.56. The lowest BCUT2D eigenvalue weighted by molar-refractivity contribution is 0.509. The van der Waals surface area contributed by atoms with E-state index in [4.69, 9.17) is 4.42 Å². The zero-order valence-electron chi connectivity index (χ0n) is 13.6. The minimum Gasteiger partial charge on any atom is -0.419 e. The zero-order valence-corrected chi connectivity index (χ0v) is 14.4. The molecular weight excluding hydrogens is 332 g/mol. The molecule has 0 fully saturated rings. The largest absolute Gasteiger partial charge is 0.419 e. The van der Waals surface area contributed by atoms with E-state index in [2.05, 4.69) is 32.3 Å². The Morgan fingerprint density at radius 1 is 0.920 bits per heavy atom. The number of thioether (sulfide) groups is 1. The van der Waals surface area contributed by atoms with E-state index < -0.39 is 0 Å². The molecule has 0 saturated carbocycles. The van der Waals surface area contributed by atoms with Crippen molar-refractivity contribution in [2.24, 2.45) is 0 Å². The quantitative estimate of drug-likeness (QED) is 0.515. The fourth-order valence-electron chi connectivity index (χ4n) is 2.44. The molecule has 4 rings (SSSR count). The highest BCUT2D eigenvalue weighted by Gasteiger charge is 2.17. The molecule has 2 aromatic carbocycles. The molecule has 0 aliphatic rings. The molecule has 0 radical (unpaired) electrons. The van der Waals surface area contributed by atoms with E-state index in [1.807, 2.05) is 61.7 Å². The molecule has 0 bridgehead atoms. The lowest BCUT2D eigenvalue weighted by Gasteiger charge is -2.03. The SMILES string of the molecule is CC(Sc1ncc(-c2ccccc2)[nH]1)c1nnc(-c2ccccc2)o1. The molecule has 1 N–H and O–H groups in total. The van der Waals surface area contributed by atoms with Crippen LogP contribution in [0.4, 0.5) is 0 Å². The topological polar surface area (TPSA) is 67.6 Å². The van der Waals surface area contributed by atoms with E-state index in [1.165, 1.54) is 0 Å². The predicted molar refractivity (Wildman–Crippen MR) is 98.0 cm³/mol. The van der Waals surface area contributed by atoms with Crippen LogP contribution in [-0.4, -0.2) is 20.2 Å². The van der Waals surface area contributed by atoms with Gasteiger partial charge in [0.2, 0.25) is 11.8 Å². The Morgan fingerprint density at radius 2 is 1.60 bits per heavy atom. The molecule has 25 heavy (non-hydrogen) atoms. The van der Waals surface area contributed by atoms with Gasteiger partial charge < -0.3 is 9.40 Å². The van der Waals surface area contributed by atoms with Gasteiger partial charge in [0.05, 0.1) is 17.1 Å². The van der Waals surface area contributed by atoms with Crippen LogP contribution in [0.5, 0.6) is 0 Å². The van der Waals surface area contributed by atoms with Crippen LogP contribution in [0.15, 0.2) is 76.4 Å². The summed E-state index contributed by atoms with van der Waals surface area (Å²) in [6.45, 7) is 2.03. The Hall–Kier alpha value is -2.86. The highest BCUT2D eigenvalue weighted by molar-refractivity contribution is 7.99. The Labute approximate surface area is 149 Å². The molecule has 6 heteroatoms. The zero-order chi connectivity index (χ0) is 17.1. The number of hydrogen-bond acceptors (Lipinski definition) is 5. The Balaban J connectivity index is 1.49. The highest BCUT2D eigenvalue weighted by atomic mass is 32.2. The first kappa shape index (κ1) is 15.7. The van der Waals surface area contributed by atoms with Gasteiger partial charge in [-0.3, -0.25) is 0 Å². The van der Waals surface area contributed by atoms with Crippen LogP contribution in [0.25, 0.3) is 22.7 Å². The summed E-state index contributed by atoms with van der Waals surface area (Å²) in [5, 5.41) is 9.14. The van der Waals surface area contributed by atoms with Gasteiger partial charge in [-0.15, -0.1) is 10.2 Å². The molecule has 5 nitrogen and oxygen atoms in total. The van der Waals surface area contributed by atoms with Gasteiger partial charge in [0.1, 0.15) is 0 Å². The molecule has 2 aromatic heterocycles. The molecule has 0 aliphatic heterocycles. The van der Waals surface area contributed by atoms with Gasteiger partial charge in [0.25, 0.3) is 0 Å². The molecule has 0 aliphatic carbocycles. The van der Waals surface area contributed by atoms with Crippen molar-refractivity contribution in [3.8, 4) is 22.7 Å². The highest BCUT2D eigenvalue weighted by Crippen LogP contribution is 2.34. The van der Waals surface area contributed by atoms with Crippen molar-refractivity contribution < 1.29 is 4.42 Å². The molecule has 1 unspecified atom stereocenters. The van der Waals surface area contributed by atoms with Gasteiger partial charge in [-0.25, -0.2) is 4.98 Å². The smallest absolute Gasteiger partial charge is 0.247 e. The third-order valence-electron chi connectivity index (χ3n) is 3.73. The molecule has 0 spiro atoms. The molecular formula is C19H16N4OS. The molecule has 0 amide bonds. The average molecular weight is 348 g/mol. The van der Waals surface area contributed by atoms with Crippen LogP contribution in [0.3, 0.4) is 0 Å². The van der Waals surface area contributed by atoms with Crippen molar-refractivity contribution in [1.82, 2.24) is 20.2 Å². The number of H-pyrrole nitrogens is 1. The standard InChI is InChI=1S/C19H16N4OS/c1-13(17-22-23-18(24-17)15-10-6-3-7-11-15)25-19-20-12-16(21-19)14-8-4-2-5-9-14/h2-13H,1H3,(H,20,21). The van der Waals surface area contributed by atoms with Crippen LogP contribution >= 0.6 is 11.8 Å². The maximum Gasteiger partial charge on any atom is 0.247 e. The van der Waals surface area contributed by atoms with Crippen molar-refractivity contribution in [2.75, 3.05) is 0 Å². The lowest BCUT2D eigenvalue weighted by Crippen LogP contribution is -1.89. The molecule has 124 valence electrons. The number of aromatic nitrogens is 4. The molecule has 4 aromatic rings. The third kappa shape index (κ3) is 3.49. The summed E-state index contributed by atoms with van der Waals surface area (Å²) in [5.41, 5.74) is 3.02. The molecule has 1 atom stereocenters. The fraction of sp³-hybridized carbons (Fsp3) is 0.105. The lowest BCUT2D eigenvalue weighted by atomic mass is 10.2. The summed E-state index contributed by atoms with van der Waals surface area (Å²) in [5.74, 6) is 1.12. The van der Waals surface area contributed by atoms with Gasteiger partial charge in [0.15, 0.2) is 5.16 Å². The summed E-state index contributed by atoms with van der Waals surface area (Å²) in [4.78, 5) is 7.77. The van der Waals surface area contributed by atoms with Crippen LogP contribution in [0.1, 0.15) is 18.1 Å². The van der Waals surface area contributed by atoms with Crippen molar-refractivity contribution in [1.29, 1.82) is 0 Å². The van der Waals surface area contributed by atoms with Crippen molar-refractivity contribution >= 4 is 11.8 Å². The number of imidazole rings is 1. The normalized spacial score (nSPS) is 12.2. The fourth-order valence-corrected chi connectivity index (χ4v) is 3.25. The van der Waals surface area contributed by atoms with Gasteiger partial charge in [0, 0.05) is 5.56 Å². The van der Waals surface area contributed by atoms with Gasteiger partial charge in [-0.1, -0.05) is 60.3 Å². The number of nitrogens with one attached hydrogen (secondary N) is 1. The van der Waals surface area contributed by atoms with Gasteiger partial charge in [-0.2, -0.15) is 0 Å². The number of nitrogens with zero attached hydrogens (tertiary/aromatic N) is 3. The van der Waals surface area contributed by atoms with Crippen LogP contribution < -0.4 is 0 Å². The van der Waals surface area contributed by atoms with E-state index in [9.17, 15) is 0 Å². The van der Waals surface area contributed by atoms with Gasteiger partial charge in [-0.05, 0) is 24.6 Å². The second-order valence-electron chi connectivity index (χ2n) is 5.54. The number of rotatable bonds is 5. The van der Waals surface area contributed by atoms with Crippen LogP contribution in [-0.2, 0) is 0 Å². The minimum atomic E-state index is -0.000245. The van der Waals surface area contributed by atoms with Crippen molar-refractivity contribution in [2.45, 2.75) is 17.3 Å². The summed E-state index contributed by atoms with van der Waals surface area (Å²) < 4.78 is 5.81. The second-order valence-corrected chi connectivity index (χ2v) is 6.87. The monoisotopic (exact) mass is 348 g/mol. The minimum absolute atomic E-state index is 0.000245. The number of benzene rings is 2. The first-order valence-corrected chi connectivity index (χ1v) is 8.83. The molecule has 2 heterocycles. The van der Waals surface area contributed by atoms with Crippen molar-refractivity contribution in [3.63, 3.8) is 0 Å². The predicted octanol–water partition coefficient (Wildman–Crippen LogP) is 4.98. The third-order valence-corrected chi connectivity index (χ3v) is 4.72. The van der Waals surface area contributed by atoms with E-state index >= 15 is 0 Å². The second kappa shape index (κ2) is 6.94. The number of hydrogen-bond donors (Lipinski definition) is 1. The molecule has 0 saturated heterocycles.